The van der Waals surface area contributed by atoms with Crippen molar-refractivity contribution in [2.24, 2.45) is 5.92 Å². The molecule has 3 heterocycles. The Balaban J connectivity index is 1.37. The minimum absolute atomic E-state index is 0.0663. The van der Waals surface area contributed by atoms with Gasteiger partial charge in [0.1, 0.15) is 5.75 Å². The van der Waals surface area contributed by atoms with Gasteiger partial charge >= 0.3 is 0 Å². The van der Waals surface area contributed by atoms with Crippen LogP contribution in [0.1, 0.15) is 18.4 Å². The normalized spacial score (nSPS) is 17.1. The average Bonchev–Trinajstić information content (AvgIpc) is 3.20. The third kappa shape index (κ3) is 3.81. The molecule has 0 bridgehead atoms. The van der Waals surface area contributed by atoms with Gasteiger partial charge in [0.25, 0.3) is 0 Å². The SMILES string of the molecule is COc1ccc(CNC(=O)[C@@H]2CCCN(c3ccc4nnnn4n3)C2)cc1. The summed E-state index contributed by atoms with van der Waals surface area (Å²) in [5.41, 5.74) is 1.65. The summed E-state index contributed by atoms with van der Waals surface area (Å²) in [5.74, 6) is 1.59. The summed E-state index contributed by atoms with van der Waals surface area (Å²) in [7, 11) is 1.64. The Hall–Kier alpha value is -3.23. The van der Waals surface area contributed by atoms with Gasteiger partial charge in [-0.15, -0.1) is 14.8 Å². The molecule has 9 nitrogen and oxygen atoms in total. The van der Waals surface area contributed by atoms with Crippen LogP contribution in [0.25, 0.3) is 5.65 Å². The predicted octanol–water partition coefficient (Wildman–Crippen LogP) is 1.06. The first kappa shape index (κ1) is 17.2. The molecule has 9 heteroatoms. The molecule has 2 aromatic heterocycles. The third-order valence-electron chi connectivity index (χ3n) is 4.80. The Bertz CT molecular complexity index is 925. The molecule has 27 heavy (non-hydrogen) atoms. The van der Waals surface area contributed by atoms with Gasteiger partial charge < -0.3 is 15.0 Å². The van der Waals surface area contributed by atoms with Gasteiger partial charge in [0.05, 0.1) is 13.0 Å². The van der Waals surface area contributed by atoms with Crippen molar-refractivity contribution in [2.45, 2.75) is 19.4 Å². The topological polar surface area (TPSA) is 97.5 Å². The Morgan fingerprint density at radius 3 is 2.93 bits per heavy atom. The van der Waals surface area contributed by atoms with Crippen LogP contribution in [0.5, 0.6) is 5.75 Å². The second-order valence-electron chi connectivity index (χ2n) is 6.57. The molecule has 1 aromatic carbocycles. The minimum Gasteiger partial charge on any atom is -0.497 e. The fourth-order valence-electron chi connectivity index (χ4n) is 3.29. The number of hydrogen-bond donors (Lipinski definition) is 1. The molecule has 1 aliphatic heterocycles. The van der Waals surface area contributed by atoms with Crippen LogP contribution in [0, 0.1) is 5.92 Å². The number of nitrogens with zero attached hydrogens (tertiary/aromatic N) is 6. The lowest BCUT2D eigenvalue weighted by Crippen LogP contribution is -2.43. The number of rotatable bonds is 5. The Kier molecular flexibility index (Phi) is 4.82. The Morgan fingerprint density at radius 1 is 1.26 bits per heavy atom. The molecular formula is C18H21N7O2. The van der Waals surface area contributed by atoms with Gasteiger partial charge in [-0.3, -0.25) is 4.79 Å². The molecule has 140 valence electrons. The highest BCUT2D eigenvalue weighted by atomic mass is 16.5. The summed E-state index contributed by atoms with van der Waals surface area (Å²) in [6, 6.07) is 11.4. The number of carbonyl (C=O) groups excluding carboxylic acids is 1. The molecule has 0 radical (unpaired) electrons. The summed E-state index contributed by atoms with van der Waals surface area (Å²) in [4.78, 5) is 14.7. The lowest BCUT2D eigenvalue weighted by molar-refractivity contribution is -0.125. The van der Waals surface area contributed by atoms with E-state index >= 15 is 0 Å². The molecule has 0 aliphatic carbocycles. The highest BCUT2D eigenvalue weighted by molar-refractivity contribution is 5.79. The standard InChI is InChI=1S/C18H21N7O2/c1-27-15-6-4-13(5-7-15)11-19-18(26)14-3-2-10-24(12-14)17-9-8-16-20-22-23-25(16)21-17/h4-9,14H,2-3,10-12H2,1H3,(H,19,26)/t14-/m1/s1. The van der Waals surface area contributed by atoms with Crippen molar-refractivity contribution < 1.29 is 9.53 Å². The van der Waals surface area contributed by atoms with Crippen molar-refractivity contribution in [3.63, 3.8) is 0 Å². The number of piperidine rings is 1. The maximum Gasteiger partial charge on any atom is 0.225 e. The highest BCUT2D eigenvalue weighted by Crippen LogP contribution is 2.22. The van der Waals surface area contributed by atoms with Gasteiger partial charge in [0, 0.05) is 19.6 Å². The smallest absolute Gasteiger partial charge is 0.225 e. The second kappa shape index (κ2) is 7.56. The van der Waals surface area contributed by atoms with E-state index < -0.39 is 0 Å². The van der Waals surface area contributed by atoms with Crippen LogP contribution in [0.3, 0.4) is 0 Å². The molecule has 1 amide bonds. The maximum absolute atomic E-state index is 12.6. The first-order valence-electron chi connectivity index (χ1n) is 8.94. The number of benzene rings is 1. The largest absolute Gasteiger partial charge is 0.497 e. The van der Waals surface area contributed by atoms with Crippen molar-refractivity contribution in [2.75, 3.05) is 25.1 Å². The molecular weight excluding hydrogens is 346 g/mol. The fourth-order valence-corrected chi connectivity index (χ4v) is 3.29. The molecule has 1 N–H and O–H groups in total. The van der Waals surface area contributed by atoms with Gasteiger partial charge in [-0.05, 0) is 53.1 Å². The number of nitrogens with one attached hydrogen (secondary N) is 1. The van der Waals surface area contributed by atoms with E-state index in [4.69, 9.17) is 4.74 Å². The van der Waals surface area contributed by atoms with E-state index in [0.29, 0.717) is 18.7 Å². The van der Waals surface area contributed by atoms with Crippen LogP contribution >= 0.6 is 0 Å². The third-order valence-corrected chi connectivity index (χ3v) is 4.80. The highest BCUT2D eigenvalue weighted by Gasteiger charge is 2.26. The lowest BCUT2D eigenvalue weighted by atomic mass is 9.97. The average molecular weight is 367 g/mol. The van der Waals surface area contributed by atoms with Gasteiger partial charge in [-0.2, -0.15) is 0 Å². The summed E-state index contributed by atoms with van der Waals surface area (Å²) in [6.45, 7) is 2.01. The first-order chi connectivity index (χ1) is 13.2. The molecule has 1 fully saturated rings. The summed E-state index contributed by atoms with van der Waals surface area (Å²) >= 11 is 0. The van der Waals surface area contributed by atoms with E-state index in [0.717, 1.165) is 36.5 Å². The summed E-state index contributed by atoms with van der Waals surface area (Å²) in [6.07, 6.45) is 1.81. The van der Waals surface area contributed by atoms with E-state index in [2.05, 4.69) is 30.8 Å². The molecule has 3 aromatic rings. The zero-order valence-electron chi connectivity index (χ0n) is 15.1. The molecule has 0 spiro atoms. The summed E-state index contributed by atoms with van der Waals surface area (Å²) in [5, 5.41) is 18.8. The van der Waals surface area contributed by atoms with Crippen LogP contribution in [0.15, 0.2) is 36.4 Å². The molecule has 1 saturated heterocycles. The van der Waals surface area contributed by atoms with Crippen molar-refractivity contribution in [3.05, 3.63) is 42.0 Å². The van der Waals surface area contributed by atoms with E-state index in [1.807, 2.05) is 36.4 Å². The maximum atomic E-state index is 12.6. The monoisotopic (exact) mass is 367 g/mol. The predicted molar refractivity (Wildman–Crippen MR) is 98.4 cm³/mol. The van der Waals surface area contributed by atoms with Crippen molar-refractivity contribution >= 4 is 17.4 Å². The number of fused-ring (bicyclic) bond motifs is 1. The zero-order chi connectivity index (χ0) is 18.6. The molecule has 4 rings (SSSR count). The number of tetrazole rings is 1. The van der Waals surface area contributed by atoms with Crippen LogP contribution in [-0.4, -0.2) is 51.4 Å². The van der Waals surface area contributed by atoms with Crippen LogP contribution < -0.4 is 15.0 Å². The second-order valence-corrected chi connectivity index (χ2v) is 6.57. The number of hydrogen-bond acceptors (Lipinski definition) is 7. The Morgan fingerprint density at radius 2 is 2.11 bits per heavy atom. The van der Waals surface area contributed by atoms with Gasteiger partial charge in [0.2, 0.25) is 5.91 Å². The number of carbonyl (C=O) groups is 1. The number of aromatic nitrogens is 5. The van der Waals surface area contributed by atoms with Gasteiger partial charge in [-0.25, -0.2) is 0 Å². The van der Waals surface area contributed by atoms with Gasteiger partial charge in [0.15, 0.2) is 11.5 Å². The van der Waals surface area contributed by atoms with E-state index in [9.17, 15) is 4.79 Å². The minimum atomic E-state index is -0.0663. The van der Waals surface area contributed by atoms with Crippen molar-refractivity contribution in [1.82, 2.24) is 30.6 Å². The zero-order valence-corrected chi connectivity index (χ0v) is 15.1. The Labute approximate surface area is 156 Å². The molecule has 1 aliphatic rings. The number of amides is 1. The van der Waals surface area contributed by atoms with Gasteiger partial charge in [-0.1, -0.05) is 12.1 Å². The number of methoxy groups -OCH3 is 1. The quantitative estimate of drug-likeness (QED) is 0.720. The molecule has 0 unspecified atom stereocenters. The molecule has 1 atom stereocenters. The van der Waals surface area contributed by atoms with Crippen LogP contribution in [0.2, 0.25) is 0 Å². The molecule has 0 saturated carbocycles. The first-order valence-corrected chi connectivity index (χ1v) is 8.94. The van der Waals surface area contributed by atoms with E-state index in [1.165, 1.54) is 4.63 Å². The van der Waals surface area contributed by atoms with E-state index in [-0.39, 0.29) is 11.8 Å². The van der Waals surface area contributed by atoms with Crippen LogP contribution in [-0.2, 0) is 11.3 Å². The number of ether oxygens (including phenoxy) is 1. The van der Waals surface area contributed by atoms with Crippen LogP contribution in [0.4, 0.5) is 5.82 Å². The van der Waals surface area contributed by atoms with Crippen molar-refractivity contribution in [3.8, 4) is 5.75 Å². The number of anilines is 1. The lowest BCUT2D eigenvalue weighted by Gasteiger charge is -2.32. The summed E-state index contributed by atoms with van der Waals surface area (Å²) < 4.78 is 6.56. The van der Waals surface area contributed by atoms with E-state index in [1.54, 1.807) is 7.11 Å². The van der Waals surface area contributed by atoms with Crippen molar-refractivity contribution in [1.29, 1.82) is 0 Å². The fraction of sp³-hybridized carbons (Fsp3) is 0.389.